The van der Waals surface area contributed by atoms with Crippen LogP contribution in [0.4, 0.5) is 0 Å². The normalized spacial score (nSPS) is 11.2. The van der Waals surface area contributed by atoms with E-state index in [9.17, 15) is 9.59 Å². The lowest BCUT2D eigenvalue weighted by molar-refractivity contribution is -0.117. The first kappa shape index (κ1) is 25.9. The van der Waals surface area contributed by atoms with Crippen LogP contribution in [0.5, 0.6) is 11.5 Å². The molecule has 2 N–H and O–H groups in total. The Bertz CT molecular complexity index is 1640. The average Bonchev–Trinajstić information content (AvgIpc) is 2.98. The summed E-state index contributed by atoms with van der Waals surface area (Å²) < 4.78 is 6.79. The molecule has 0 heterocycles. The van der Waals surface area contributed by atoms with Crippen LogP contribution >= 0.6 is 15.9 Å². The maximum absolute atomic E-state index is 13.3. The van der Waals surface area contributed by atoms with Crippen molar-refractivity contribution in [1.29, 1.82) is 0 Å². The highest BCUT2D eigenvalue weighted by Crippen LogP contribution is 2.29. The first-order valence-electron chi connectivity index (χ1n) is 12.4. The zero-order chi connectivity index (χ0) is 27.0. The highest BCUT2D eigenvalue weighted by Gasteiger charge is 2.15. The van der Waals surface area contributed by atoms with Gasteiger partial charge in [-0.2, -0.15) is 0 Å². The molecule has 0 bridgehead atoms. The zero-order valence-corrected chi connectivity index (χ0v) is 22.5. The third-order valence-electron chi connectivity index (χ3n) is 6.10. The third-order valence-corrected chi connectivity index (χ3v) is 6.76. The quantitative estimate of drug-likeness (QED) is 0.188. The fourth-order valence-electron chi connectivity index (χ4n) is 4.11. The predicted molar refractivity (Wildman–Crippen MR) is 158 cm³/mol. The second-order valence-corrected chi connectivity index (χ2v) is 9.65. The van der Waals surface area contributed by atoms with E-state index in [1.807, 2.05) is 97.1 Å². The molecule has 5 aromatic rings. The molecule has 0 aliphatic carbocycles. The number of hydrogen-bond donors (Lipinski definition) is 2. The van der Waals surface area contributed by atoms with Crippen molar-refractivity contribution in [3.8, 4) is 11.5 Å². The summed E-state index contributed by atoms with van der Waals surface area (Å²) >= 11 is 3.48. The van der Waals surface area contributed by atoms with E-state index in [0.29, 0.717) is 23.6 Å². The first-order valence-corrected chi connectivity index (χ1v) is 13.2. The molecule has 5 nitrogen and oxygen atoms in total. The number of hydrogen-bond acceptors (Lipinski definition) is 3. The number of rotatable bonds is 8. The number of halogens is 1. The van der Waals surface area contributed by atoms with Gasteiger partial charge in [0.2, 0.25) is 0 Å². The highest BCUT2D eigenvalue weighted by atomic mass is 79.9. The first-order chi connectivity index (χ1) is 19.1. The molecular weight excluding hydrogens is 552 g/mol. The average molecular weight is 577 g/mol. The standard InChI is InChI=1S/C33H25BrN2O3/c34-29-15-6-7-16-31(29)39-27-19-17-23(18-20-27)21-30(36-32(37)25-10-2-1-3-11-25)33(38)35-22-26-13-8-12-24-9-4-5-14-28(24)26/h1-21H,22H2,(H,35,38)(H,36,37). The molecule has 5 rings (SSSR count). The summed E-state index contributed by atoms with van der Waals surface area (Å²) in [6.45, 7) is 0.317. The van der Waals surface area contributed by atoms with Gasteiger partial charge in [0.25, 0.3) is 11.8 Å². The number of nitrogens with one attached hydrogen (secondary N) is 2. The van der Waals surface area contributed by atoms with Crippen LogP contribution < -0.4 is 15.4 Å². The van der Waals surface area contributed by atoms with Gasteiger partial charge in [0.1, 0.15) is 17.2 Å². The highest BCUT2D eigenvalue weighted by molar-refractivity contribution is 9.10. The SMILES string of the molecule is O=C(NCc1cccc2ccccc12)C(=Cc1ccc(Oc2ccccc2Br)cc1)NC(=O)c1ccccc1. The molecule has 0 saturated carbocycles. The van der Waals surface area contributed by atoms with Crippen molar-refractivity contribution in [2.75, 3.05) is 0 Å². The molecule has 0 fully saturated rings. The molecule has 6 heteroatoms. The molecule has 5 aromatic carbocycles. The van der Waals surface area contributed by atoms with Gasteiger partial charge in [-0.1, -0.05) is 84.9 Å². The molecule has 2 amide bonds. The van der Waals surface area contributed by atoms with Crippen molar-refractivity contribution in [2.24, 2.45) is 0 Å². The largest absolute Gasteiger partial charge is 0.456 e. The van der Waals surface area contributed by atoms with Gasteiger partial charge in [-0.3, -0.25) is 9.59 Å². The Hall–Kier alpha value is -4.68. The molecule has 0 atom stereocenters. The van der Waals surface area contributed by atoms with E-state index in [1.54, 1.807) is 30.3 Å². The van der Waals surface area contributed by atoms with Gasteiger partial charge >= 0.3 is 0 Å². The number of amides is 2. The van der Waals surface area contributed by atoms with Crippen molar-refractivity contribution in [1.82, 2.24) is 10.6 Å². The van der Waals surface area contributed by atoms with Crippen molar-refractivity contribution in [2.45, 2.75) is 6.54 Å². The Morgan fingerprint density at radius 2 is 1.44 bits per heavy atom. The van der Waals surface area contributed by atoms with E-state index in [2.05, 4.69) is 26.6 Å². The Labute approximate surface area is 235 Å². The molecular formula is C33H25BrN2O3. The second-order valence-electron chi connectivity index (χ2n) is 8.80. The monoisotopic (exact) mass is 576 g/mol. The van der Waals surface area contributed by atoms with Crippen LogP contribution in [0.15, 0.2) is 131 Å². The lowest BCUT2D eigenvalue weighted by Crippen LogP contribution is -2.34. The van der Waals surface area contributed by atoms with Crippen LogP contribution in [0.3, 0.4) is 0 Å². The summed E-state index contributed by atoms with van der Waals surface area (Å²) in [5.74, 6) is 0.593. The van der Waals surface area contributed by atoms with Gasteiger partial charge in [0.15, 0.2) is 0 Å². The molecule has 0 aliphatic rings. The summed E-state index contributed by atoms with van der Waals surface area (Å²) in [7, 11) is 0. The van der Waals surface area contributed by atoms with E-state index in [1.165, 1.54) is 0 Å². The summed E-state index contributed by atoms with van der Waals surface area (Å²) in [5, 5.41) is 7.92. The van der Waals surface area contributed by atoms with E-state index in [4.69, 9.17) is 4.74 Å². The number of para-hydroxylation sites is 1. The number of benzene rings is 5. The lowest BCUT2D eigenvalue weighted by Gasteiger charge is -2.13. The zero-order valence-electron chi connectivity index (χ0n) is 20.9. The summed E-state index contributed by atoms with van der Waals surface area (Å²) in [6, 6.07) is 37.7. The fraction of sp³-hybridized carbons (Fsp3) is 0.0303. The summed E-state index contributed by atoms with van der Waals surface area (Å²) in [4.78, 5) is 26.3. The topological polar surface area (TPSA) is 67.4 Å². The van der Waals surface area contributed by atoms with Crippen LogP contribution in [0.25, 0.3) is 16.8 Å². The third kappa shape index (κ3) is 6.61. The number of carbonyl (C=O) groups is 2. The van der Waals surface area contributed by atoms with Crippen LogP contribution in [0, 0.1) is 0 Å². The Morgan fingerprint density at radius 3 is 2.23 bits per heavy atom. The van der Waals surface area contributed by atoms with Gasteiger partial charge in [0.05, 0.1) is 4.47 Å². The fourth-order valence-corrected chi connectivity index (χ4v) is 4.48. The lowest BCUT2D eigenvalue weighted by atomic mass is 10.0. The molecule has 0 radical (unpaired) electrons. The van der Waals surface area contributed by atoms with Crippen LogP contribution in [0.2, 0.25) is 0 Å². The predicted octanol–water partition coefficient (Wildman–Crippen LogP) is 7.48. The Kier molecular flexibility index (Phi) is 8.15. The number of fused-ring (bicyclic) bond motifs is 1. The van der Waals surface area contributed by atoms with Crippen molar-refractivity contribution in [3.05, 3.63) is 148 Å². The van der Waals surface area contributed by atoms with Crippen molar-refractivity contribution < 1.29 is 14.3 Å². The summed E-state index contributed by atoms with van der Waals surface area (Å²) in [6.07, 6.45) is 1.65. The number of carbonyl (C=O) groups excluding carboxylic acids is 2. The second kappa shape index (κ2) is 12.2. The molecule has 0 aliphatic heterocycles. The molecule has 0 saturated heterocycles. The molecule has 0 aromatic heterocycles. The molecule has 39 heavy (non-hydrogen) atoms. The van der Waals surface area contributed by atoms with Crippen LogP contribution in [0.1, 0.15) is 21.5 Å². The van der Waals surface area contributed by atoms with Gasteiger partial charge in [-0.25, -0.2) is 0 Å². The van der Waals surface area contributed by atoms with Crippen molar-refractivity contribution in [3.63, 3.8) is 0 Å². The minimum absolute atomic E-state index is 0.142. The molecule has 192 valence electrons. The summed E-state index contributed by atoms with van der Waals surface area (Å²) in [5.41, 5.74) is 2.33. The van der Waals surface area contributed by atoms with Gasteiger partial charge < -0.3 is 15.4 Å². The van der Waals surface area contributed by atoms with E-state index in [0.717, 1.165) is 26.4 Å². The van der Waals surface area contributed by atoms with E-state index >= 15 is 0 Å². The van der Waals surface area contributed by atoms with Gasteiger partial charge in [-0.05, 0) is 80.3 Å². The maximum Gasteiger partial charge on any atom is 0.268 e. The number of ether oxygens (including phenoxy) is 1. The minimum atomic E-state index is -0.388. The smallest absolute Gasteiger partial charge is 0.268 e. The Morgan fingerprint density at radius 1 is 0.744 bits per heavy atom. The van der Waals surface area contributed by atoms with E-state index < -0.39 is 0 Å². The maximum atomic E-state index is 13.3. The van der Waals surface area contributed by atoms with Crippen LogP contribution in [-0.2, 0) is 11.3 Å². The van der Waals surface area contributed by atoms with Gasteiger partial charge in [-0.15, -0.1) is 0 Å². The molecule has 0 spiro atoms. The van der Waals surface area contributed by atoms with Crippen molar-refractivity contribution >= 4 is 44.6 Å². The van der Waals surface area contributed by atoms with Gasteiger partial charge in [0, 0.05) is 12.1 Å². The Balaban J connectivity index is 1.37. The molecule has 0 unspecified atom stereocenters. The van der Waals surface area contributed by atoms with Crippen LogP contribution in [-0.4, -0.2) is 11.8 Å². The van der Waals surface area contributed by atoms with E-state index in [-0.39, 0.29) is 17.5 Å². The minimum Gasteiger partial charge on any atom is -0.456 e.